The van der Waals surface area contributed by atoms with E-state index < -0.39 is 11.9 Å². The molecule has 1 nitrogen and oxygen atoms in total. The molecule has 4 aromatic rings. The average molecular weight is 531 g/mol. The minimum atomic E-state index is -4.65. The van der Waals surface area contributed by atoms with Crippen LogP contribution in [0.1, 0.15) is 16.8 Å². The fraction of sp³-hybridized carbons (Fsp3) is 0.0417. The predicted octanol–water partition coefficient (Wildman–Crippen LogP) is 7.85. The molecule has 1 aromatic heterocycles. The van der Waals surface area contributed by atoms with Crippen molar-refractivity contribution in [3.63, 3.8) is 0 Å². The topological polar surface area (TPSA) is 12.9 Å². The zero-order valence-electron chi connectivity index (χ0n) is 15.3. The Balaban J connectivity index is 2.09. The van der Waals surface area contributed by atoms with Gasteiger partial charge in [-0.2, -0.15) is 13.2 Å². The van der Waals surface area contributed by atoms with Gasteiger partial charge in [0.1, 0.15) is 0 Å². The normalized spacial score (nSPS) is 11.2. The first-order valence-corrected chi connectivity index (χ1v) is 10.4. The van der Waals surface area contributed by atoms with Crippen molar-refractivity contribution in [1.82, 2.24) is 4.98 Å². The molecule has 0 N–H and O–H groups in total. The van der Waals surface area contributed by atoms with E-state index in [0.717, 1.165) is 8.95 Å². The van der Waals surface area contributed by atoms with Crippen LogP contribution in [0, 0.1) is 11.8 Å². The minimum Gasteiger partial charge on any atom is -0.242 e. The summed E-state index contributed by atoms with van der Waals surface area (Å²) in [6.45, 7) is 0. The van der Waals surface area contributed by atoms with E-state index in [1.165, 1.54) is 0 Å². The number of rotatable bonds is 1. The summed E-state index contributed by atoms with van der Waals surface area (Å²) in [6, 6.07) is 21.1. The third kappa shape index (κ3) is 4.28. The van der Waals surface area contributed by atoms with Crippen LogP contribution in [0.5, 0.6) is 0 Å². The van der Waals surface area contributed by atoms with Crippen LogP contribution in [-0.2, 0) is 6.18 Å². The largest absolute Gasteiger partial charge is 0.434 e. The Bertz CT molecular complexity index is 1320. The Morgan fingerprint density at radius 3 is 2.17 bits per heavy atom. The summed E-state index contributed by atoms with van der Waals surface area (Å²) in [5.74, 6) is 5.65. The van der Waals surface area contributed by atoms with Crippen molar-refractivity contribution in [2.24, 2.45) is 0 Å². The van der Waals surface area contributed by atoms with E-state index in [1.807, 2.05) is 12.1 Å². The van der Waals surface area contributed by atoms with Crippen LogP contribution < -0.4 is 0 Å². The molecule has 148 valence electrons. The summed E-state index contributed by atoms with van der Waals surface area (Å²) in [5.41, 5.74) is 0.792. The highest BCUT2D eigenvalue weighted by atomic mass is 79.9. The number of aromatic nitrogens is 1. The van der Waals surface area contributed by atoms with Crippen molar-refractivity contribution in [3.05, 3.63) is 98.6 Å². The lowest BCUT2D eigenvalue weighted by atomic mass is 9.94. The Morgan fingerprint density at radius 1 is 0.767 bits per heavy atom. The standard InChI is InChI=1S/C24H12Br2F3N/c25-17-7-3-5-15(13-17)11-12-20-22(16-6-4-8-18(26)14-16)19-9-1-2-10-21(19)30-23(20)24(27,28)29/h1-10,13-14H. The molecule has 0 aliphatic rings. The number of alkyl halides is 3. The molecule has 0 atom stereocenters. The fourth-order valence-corrected chi connectivity index (χ4v) is 3.98. The molecule has 0 amide bonds. The highest BCUT2D eigenvalue weighted by Gasteiger charge is 2.37. The molecule has 3 aromatic carbocycles. The van der Waals surface area contributed by atoms with Gasteiger partial charge in [0, 0.05) is 25.5 Å². The van der Waals surface area contributed by atoms with Crippen molar-refractivity contribution in [2.45, 2.75) is 6.18 Å². The van der Waals surface area contributed by atoms with Gasteiger partial charge in [-0.05, 0) is 42.0 Å². The van der Waals surface area contributed by atoms with E-state index in [4.69, 9.17) is 0 Å². The number of hydrogen-bond acceptors (Lipinski definition) is 1. The lowest BCUT2D eigenvalue weighted by molar-refractivity contribution is -0.141. The van der Waals surface area contributed by atoms with E-state index >= 15 is 0 Å². The fourth-order valence-electron chi connectivity index (χ4n) is 3.18. The van der Waals surface area contributed by atoms with Crippen LogP contribution in [0.25, 0.3) is 22.0 Å². The number of halogens is 5. The Hall–Kier alpha value is -2.62. The van der Waals surface area contributed by atoms with Gasteiger partial charge in [-0.3, -0.25) is 0 Å². The summed E-state index contributed by atoms with van der Waals surface area (Å²) >= 11 is 6.77. The van der Waals surface area contributed by atoms with Gasteiger partial charge in [-0.1, -0.05) is 80.1 Å². The first kappa shape index (κ1) is 20.6. The number of fused-ring (bicyclic) bond motifs is 1. The summed E-state index contributed by atoms with van der Waals surface area (Å²) in [6.07, 6.45) is -4.65. The zero-order valence-corrected chi connectivity index (χ0v) is 18.4. The van der Waals surface area contributed by atoms with Gasteiger partial charge in [-0.25, -0.2) is 4.98 Å². The van der Waals surface area contributed by atoms with Crippen LogP contribution in [0.4, 0.5) is 13.2 Å². The monoisotopic (exact) mass is 529 g/mol. The van der Waals surface area contributed by atoms with Crippen LogP contribution in [0.15, 0.2) is 81.7 Å². The Labute approximate surface area is 188 Å². The molecule has 0 bridgehead atoms. The highest BCUT2D eigenvalue weighted by Crippen LogP contribution is 2.39. The molecular formula is C24H12Br2F3N. The van der Waals surface area contributed by atoms with E-state index in [9.17, 15) is 13.2 Å². The van der Waals surface area contributed by atoms with Gasteiger partial charge in [0.25, 0.3) is 0 Å². The zero-order chi connectivity index (χ0) is 21.3. The van der Waals surface area contributed by atoms with Crippen LogP contribution in [0.3, 0.4) is 0 Å². The van der Waals surface area contributed by atoms with Crippen molar-refractivity contribution < 1.29 is 13.2 Å². The second-order valence-corrected chi connectivity index (χ2v) is 8.33. The molecular weight excluding hydrogens is 519 g/mol. The second-order valence-electron chi connectivity index (χ2n) is 6.50. The minimum absolute atomic E-state index is 0.140. The van der Waals surface area contributed by atoms with Crippen LogP contribution in [0.2, 0.25) is 0 Å². The molecule has 0 saturated carbocycles. The molecule has 0 aliphatic heterocycles. The van der Waals surface area contributed by atoms with Crippen molar-refractivity contribution in [2.75, 3.05) is 0 Å². The number of hydrogen-bond donors (Lipinski definition) is 0. The predicted molar refractivity (Wildman–Crippen MR) is 120 cm³/mol. The molecule has 0 fully saturated rings. The van der Waals surface area contributed by atoms with Gasteiger partial charge < -0.3 is 0 Å². The number of pyridine rings is 1. The first-order chi connectivity index (χ1) is 14.3. The Kier molecular flexibility index (Phi) is 5.68. The third-order valence-corrected chi connectivity index (χ3v) is 5.42. The van der Waals surface area contributed by atoms with Gasteiger partial charge in [0.15, 0.2) is 5.69 Å². The molecule has 0 spiro atoms. The van der Waals surface area contributed by atoms with E-state index in [0.29, 0.717) is 22.1 Å². The summed E-state index contributed by atoms with van der Waals surface area (Å²) in [5, 5.41) is 0.613. The summed E-state index contributed by atoms with van der Waals surface area (Å²) in [7, 11) is 0. The van der Waals surface area contributed by atoms with E-state index in [2.05, 4.69) is 48.7 Å². The SMILES string of the molecule is FC(F)(F)c1nc2ccccc2c(-c2cccc(Br)c2)c1C#Cc1cccc(Br)c1. The van der Waals surface area contributed by atoms with Crippen LogP contribution in [-0.4, -0.2) is 4.98 Å². The maximum Gasteiger partial charge on any atom is 0.434 e. The van der Waals surface area contributed by atoms with Gasteiger partial charge in [0.05, 0.1) is 11.1 Å². The van der Waals surface area contributed by atoms with Crippen LogP contribution >= 0.6 is 31.9 Å². The second kappa shape index (κ2) is 8.25. The quantitative estimate of drug-likeness (QED) is 0.228. The molecule has 4 rings (SSSR count). The lowest BCUT2D eigenvalue weighted by Crippen LogP contribution is -2.12. The lowest BCUT2D eigenvalue weighted by Gasteiger charge is -2.16. The smallest absolute Gasteiger partial charge is 0.242 e. The maximum absolute atomic E-state index is 14.0. The number of nitrogens with zero attached hydrogens (tertiary/aromatic N) is 1. The summed E-state index contributed by atoms with van der Waals surface area (Å²) in [4.78, 5) is 3.94. The number of benzene rings is 3. The van der Waals surface area contributed by atoms with Gasteiger partial charge in [-0.15, -0.1) is 0 Å². The summed E-state index contributed by atoms with van der Waals surface area (Å²) < 4.78 is 43.5. The van der Waals surface area contributed by atoms with E-state index in [1.54, 1.807) is 60.7 Å². The molecule has 0 unspecified atom stereocenters. The number of para-hydroxylation sites is 1. The highest BCUT2D eigenvalue weighted by molar-refractivity contribution is 9.10. The maximum atomic E-state index is 14.0. The van der Waals surface area contributed by atoms with Crippen molar-refractivity contribution >= 4 is 42.8 Å². The molecule has 0 saturated heterocycles. The molecule has 6 heteroatoms. The van der Waals surface area contributed by atoms with Gasteiger partial charge in [0.2, 0.25) is 0 Å². The molecule has 0 radical (unpaired) electrons. The third-order valence-electron chi connectivity index (χ3n) is 4.43. The molecule has 0 aliphatic carbocycles. The van der Waals surface area contributed by atoms with E-state index in [-0.39, 0.29) is 11.1 Å². The molecule has 30 heavy (non-hydrogen) atoms. The van der Waals surface area contributed by atoms with Crippen molar-refractivity contribution in [3.8, 4) is 23.0 Å². The average Bonchev–Trinajstić information content (AvgIpc) is 2.70. The van der Waals surface area contributed by atoms with Gasteiger partial charge >= 0.3 is 6.18 Å². The first-order valence-electron chi connectivity index (χ1n) is 8.86. The Morgan fingerprint density at radius 2 is 1.47 bits per heavy atom. The molecule has 1 heterocycles. The van der Waals surface area contributed by atoms with Crippen molar-refractivity contribution in [1.29, 1.82) is 0 Å².